The number of benzene rings is 11. The highest BCUT2D eigenvalue weighted by atomic mass is 28.3. The first-order valence-corrected chi connectivity index (χ1v) is 26.4. The quantitative estimate of drug-likeness (QED) is 0.116. The van der Waals surface area contributed by atoms with Crippen LogP contribution in [0.1, 0.15) is 0 Å². The van der Waals surface area contributed by atoms with Gasteiger partial charge in [-0.2, -0.15) is 0 Å². The van der Waals surface area contributed by atoms with Gasteiger partial charge < -0.3 is 18.1 Å². The number of fused-ring (bicyclic) bond motifs is 12. The third-order valence-corrected chi connectivity index (χ3v) is 20.0. The van der Waals surface area contributed by atoms with Gasteiger partial charge in [0.25, 0.3) is 0 Å². The molecule has 71 heavy (non-hydrogen) atoms. The van der Waals surface area contributed by atoms with Gasteiger partial charge in [-0.3, -0.25) is 0 Å². The van der Waals surface area contributed by atoms with Gasteiger partial charge >= 0.3 is 0 Å². The Hall–Kier alpha value is -9.16. The SMILES string of the molecule is c1ccc([Si](c2ccccc2)(c2ccccc2)c2ccc3c(c2)c2ccccc2n3-c2ccc3c(c2)c2ccccc2n3-c2ccc3c(c2)oc2cccc(-n4c5ccccc5c5ccccc54)c23)cc1. The van der Waals surface area contributed by atoms with Gasteiger partial charge in [0.15, 0.2) is 8.07 Å². The molecule has 0 unspecified atom stereocenters. The Balaban J connectivity index is 0.905. The van der Waals surface area contributed by atoms with Gasteiger partial charge in [-0.05, 0) is 93.5 Å². The second kappa shape index (κ2) is 15.4. The van der Waals surface area contributed by atoms with E-state index in [1.54, 1.807) is 0 Å². The smallest absolute Gasteiger partial charge is 0.179 e. The van der Waals surface area contributed by atoms with Crippen LogP contribution in [-0.2, 0) is 0 Å². The van der Waals surface area contributed by atoms with E-state index >= 15 is 0 Å². The largest absolute Gasteiger partial charge is 0.456 e. The van der Waals surface area contributed by atoms with Crippen molar-refractivity contribution >= 4 is 116 Å². The van der Waals surface area contributed by atoms with Gasteiger partial charge in [0, 0.05) is 55.1 Å². The van der Waals surface area contributed by atoms with E-state index in [0.717, 1.165) is 50.0 Å². The van der Waals surface area contributed by atoms with Crippen LogP contribution < -0.4 is 20.7 Å². The molecule has 0 atom stereocenters. The van der Waals surface area contributed by atoms with Crippen LogP contribution in [0, 0.1) is 0 Å². The first kappa shape index (κ1) is 39.8. The van der Waals surface area contributed by atoms with Crippen molar-refractivity contribution in [1.82, 2.24) is 13.7 Å². The minimum absolute atomic E-state index is 0.858. The Morgan fingerprint density at radius 1 is 0.254 bits per heavy atom. The molecule has 0 aliphatic rings. The summed E-state index contributed by atoms with van der Waals surface area (Å²) in [6.07, 6.45) is 0. The lowest BCUT2D eigenvalue weighted by Crippen LogP contribution is -2.74. The lowest BCUT2D eigenvalue weighted by molar-refractivity contribution is 0.668. The fourth-order valence-electron chi connectivity index (χ4n) is 12.2. The van der Waals surface area contributed by atoms with E-state index < -0.39 is 8.07 Å². The summed E-state index contributed by atoms with van der Waals surface area (Å²) in [7, 11) is -2.75. The molecule has 4 aromatic heterocycles. The monoisotopic (exact) mass is 921 g/mol. The molecular formula is C66H43N3OSi. The molecule has 332 valence electrons. The summed E-state index contributed by atoms with van der Waals surface area (Å²) in [6, 6.07) is 96.1. The molecule has 11 aromatic carbocycles. The summed E-state index contributed by atoms with van der Waals surface area (Å²) >= 11 is 0. The van der Waals surface area contributed by atoms with Crippen LogP contribution in [0.25, 0.3) is 104 Å². The predicted molar refractivity (Wildman–Crippen MR) is 300 cm³/mol. The lowest BCUT2D eigenvalue weighted by Gasteiger charge is -2.34. The summed E-state index contributed by atoms with van der Waals surface area (Å²) in [6.45, 7) is 0. The number of hydrogen-bond acceptors (Lipinski definition) is 1. The second-order valence-corrected chi connectivity index (χ2v) is 22.6. The average molecular weight is 922 g/mol. The number of furan rings is 1. The van der Waals surface area contributed by atoms with E-state index in [2.05, 4.69) is 275 Å². The molecule has 4 nitrogen and oxygen atoms in total. The maximum atomic E-state index is 6.81. The second-order valence-electron chi connectivity index (χ2n) is 18.8. The maximum absolute atomic E-state index is 6.81. The van der Waals surface area contributed by atoms with Crippen LogP contribution in [-0.4, -0.2) is 21.8 Å². The van der Waals surface area contributed by atoms with Gasteiger partial charge in [0.05, 0.1) is 44.2 Å². The van der Waals surface area contributed by atoms with Crippen LogP contribution in [0.15, 0.2) is 265 Å². The number of rotatable bonds is 7. The van der Waals surface area contributed by atoms with Crippen molar-refractivity contribution in [2.24, 2.45) is 0 Å². The predicted octanol–water partition coefficient (Wildman–Crippen LogP) is 14.3. The minimum Gasteiger partial charge on any atom is -0.456 e. The molecule has 0 amide bonds. The topological polar surface area (TPSA) is 27.9 Å². The molecule has 0 saturated heterocycles. The molecule has 0 saturated carbocycles. The van der Waals surface area contributed by atoms with Gasteiger partial charge in [0.1, 0.15) is 11.2 Å². The Kier molecular flexibility index (Phi) is 8.64. The van der Waals surface area contributed by atoms with E-state index in [1.165, 1.54) is 75.1 Å². The number of nitrogens with zero attached hydrogens (tertiary/aromatic N) is 3. The zero-order valence-corrected chi connectivity index (χ0v) is 39.6. The third kappa shape index (κ3) is 5.72. The molecule has 0 spiro atoms. The Morgan fingerprint density at radius 3 is 1.23 bits per heavy atom. The van der Waals surface area contributed by atoms with Crippen molar-refractivity contribution in [2.75, 3.05) is 0 Å². The molecule has 0 radical (unpaired) electrons. The van der Waals surface area contributed by atoms with Crippen LogP contribution in [0.4, 0.5) is 0 Å². The van der Waals surface area contributed by atoms with Gasteiger partial charge in [-0.1, -0.05) is 182 Å². The fourth-order valence-corrected chi connectivity index (χ4v) is 17.0. The Labute approximate surface area is 410 Å². The van der Waals surface area contributed by atoms with E-state index in [0.29, 0.717) is 0 Å². The van der Waals surface area contributed by atoms with Crippen molar-refractivity contribution in [2.45, 2.75) is 0 Å². The van der Waals surface area contributed by atoms with Crippen LogP contribution in [0.5, 0.6) is 0 Å². The fraction of sp³-hybridized carbons (Fsp3) is 0. The molecule has 0 aliphatic heterocycles. The summed E-state index contributed by atoms with van der Waals surface area (Å²) in [4.78, 5) is 0. The van der Waals surface area contributed by atoms with Crippen molar-refractivity contribution < 1.29 is 4.42 Å². The third-order valence-electron chi connectivity index (χ3n) is 15.2. The lowest BCUT2D eigenvalue weighted by atomic mass is 10.1. The maximum Gasteiger partial charge on any atom is 0.179 e. The minimum atomic E-state index is -2.75. The number of para-hydroxylation sites is 4. The molecule has 5 heteroatoms. The van der Waals surface area contributed by atoms with Crippen LogP contribution >= 0.6 is 0 Å². The molecule has 15 rings (SSSR count). The molecule has 0 bridgehead atoms. The number of hydrogen-bond donors (Lipinski definition) is 0. The van der Waals surface area contributed by atoms with Crippen molar-refractivity contribution in [3.05, 3.63) is 261 Å². The summed E-state index contributed by atoms with van der Waals surface area (Å²) < 4.78 is 14.1. The molecule has 0 aliphatic carbocycles. The van der Waals surface area contributed by atoms with Crippen molar-refractivity contribution in [3.8, 4) is 17.1 Å². The zero-order chi connectivity index (χ0) is 46.6. The molecule has 0 fully saturated rings. The van der Waals surface area contributed by atoms with Gasteiger partial charge in [0.2, 0.25) is 0 Å². The first-order valence-electron chi connectivity index (χ1n) is 24.4. The molecule has 15 aromatic rings. The molecule has 0 N–H and O–H groups in total. The van der Waals surface area contributed by atoms with Crippen LogP contribution in [0.3, 0.4) is 0 Å². The van der Waals surface area contributed by atoms with Gasteiger partial charge in [-0.25, -0.2) is 0 Å². The van der Waals surface area contributed by atoms with Crippen molar-refractivity contribution in [1.29, 1.82) is 0 Å². The van der Waals surface area contributed by atoms with Crippen molar-refractivity contribution in [3.63, 3.8) is 0 Å². The standard InChI is InChI=1S/C66H43N3OSi/c1-4-19-46(20-5-1)71(47-21-6-2-7-22-47,48-23-8-3-9-24-48)49-37-40-62-56(43-49)53-28-13-15-30-58(53)67(62)44-36-39-61-55(41-44)52-27-12-14-29-57(52)68(61)45-35-38-54-65(42-45)70-64-34-18-33-63(66(54)64)69-59-31-16-10-25-50(59)51-26-11-17-32-60(51)69/h1-43H. The zero-order valence-electron chi connectivity index (χ0n) is 38.6. The van der Waals surface area contributed by atoms with Crippen LogP contribution in [0.2, 0.25) is 0 Å². The molecule has 4 heterocycles. The van der Waals surface area contributed by atoms with Gasteiger partial charge in [-0.15, -0.1) is 0 Å². The van der Waals surface area contributed by atoms with E-state index in [9.17, 15) is 0 Å². The van der Waals surface area contributed by atoms with E-state index in [1.807, 2.05) is 0 Å². The first-order chi connectivity index (χ1) is 35.2. The highest BCUT2D eigenvalue weighted by Crippen LogP contribution is 2.41. The average Bonchev–Trinajstić information content (AvgIpc) is 4.18. The highest BCUT2D eigenvalue weighted by Gasteiger charge is 2.41. The highest BCUT2D eigenvalue weighted by molar-refractivity contribution is 7.20. The summed E-state index contributed by atoms with van der Waals surface area (Å²) in [5.41, 5.74) is 12.1. The van der Waals surface area contributed by atoms with E-state index in [4.69, 9.17) is 4.42 Å². The normalized spacial score (nSPS) is 12.2. The molecular weight excluding hydrogens is 879 g/mol. The summed E-state index contributed by atoms with van der Waals surface area (Å²) in [5, 5.41) is 15.0. The van der Waals surface area contributed by atoms with E-state index in [-0.39, 0.29) is 0 Å². The Morgan fingerprint density at radius 2 is 0.676 bits per heavy atom. The summed E-state index contributed by atoms with van der Waals surface area (Å²) in [5.74, 6) is 0. The Bertz CT molecular complexity index is 4430. The number of aromatic nitrogens is 3.